The lowest BCUT2D eigenvalue weighted by Gasteiger charge is -2.32. The maximum atomic E-state index is 12.1. The van der Waals surface area contributed by atoms with Crippen LogP contribution in [0.15, 0.2) is 0 Å². The van der Waals surface area contributed by atoms with Crippen molar-refractivity contribution in [2.45, 2.75) is 45.1 Å². The van der Waals surface area contributed by atoms with E-state index in [0.717, 1.165) is 32.5 Å². The molecule has 0 aliphatic carbocycles. The summed E-state index contributed by atoms with van der Waals surface area (Å²) in [5.41, 5.74) is 0. The molecule has 0 aromatic rings. The highest BCUT2D eigenvalue weighted by Crippen LogP contribution is 2.11. The first-order chi connectivity index (χ1) is 7.22. The zero-order valence-electron chi connectivity index (χ0n) is 9.51. The molecule has 0 bridgehead atoms. The molecule has 4 heteroatoms. The number of hydrogen-bond donors (Lipinski definition) is 1. The third-order valence-corrected chi connectivity index (χ3v) is 2.95. The van der Waals surface area contributed by atoms with Crippen molar-refractivity contribution in [3.63, 3.8) is 0 Å². The van der Waals surface area contributed by atoms with Gasteiger partial charge >= 0.3 is 0 Å². The second-order valence-electron chi connectivity index (χ2n) is 4.27. The zero-order chi connectivity index (χ0) is 11.1. The molecule has 0 amide bonds. The lowest BCUT2D eigenvalue weighted by atomic mass is 10.0. The number of hydrogen-bond acceptors (Lipinski definition) is 2. The van der Waals surface area contributed by atoms with Gasteiger partial charge in [0.05, 0.1) is 6.54 Å². The van der Waals surface area contributed by atoms with Crippen molar-refractivity contribution >= 4 is 0 Å². The third kappa shape index (κ3) is 5.42. The van der Waals surface area contributed by atoms with Crippen molar-refractivity contribution in [3.8, 4) is 0 Å². The van der Waals surface area contributed by atoms with Crippen molar-refractivity contribution in [2.75, 3.05) is 26.2 Å². The Morgan fingerprint density at radius 1 is 1.33 bits per heavy atom. The fourth-order valence-corrected chi connectivity index (χ4v) is 2.00. The van der Waals surface area contributed by atoms with E-state index in [4.69, 9.17) is 0 Å². The highest BCUT2D eigenvalue weighted by Gasteiger charge is 2.20. The molecule has 90 valence electrons. The van der Waals surface area contributed by atoms with Gasteiger partial charge in [0.2, 0.25) is 0 Å². The molecule has 1 saturated heterocycles. The van der Waals surface area contributed by atoms with Crippen molar-refractivity contribution < 1.29 is 8.78 Å². The van der Waals surface area contributed by atoms with Crippen LogP contribution in [0.4, 0.5) is 8.78 Å². The maximum Gasteiger partial charge on any atom is 0.251 e. The highest BCUT2D eigenvalue weighted by atomic mass is 19.3. The Hall–Kier alpha value is -0.220. The van der Waals surface area contributed by atoms with E-state index in [1.165, 1.54) is 12.8 Å². The zero-order valence-corrected chi connectivity index (χ0v) is 9.51. The van der Waals surface area contributed by atoms with Gasteiger partial charge < -0.3 is 5.32 Å². The van der Waals surface area contributed by atoms with E-state index in [1.807, 2.05) is 4.90 Å². The van der Waals surface area contributed by atoms with E-state index in [0.29, 0.717) is 6.04 Å². The van der Waals surface area contributed by atoms with Crippen LogP contribution in [0.5, 0.6) is 0 Å². The number of unbranched alkanes of at least 4 members (excludes halogenated alkanes) is 1. The summed E-state index contributed by atoms with van der Waals surface area (Å²) >= 11 is 0. The minimum Gasteiger partial charge on any atom is -0.314 e. The number of nitrogens with one attached hydrogen (secondary N) is 1. The molecule has 1 aliphatic rings. The number of halogens is 2. The second kappa shape index (κ2) is 7.12. The molecule has 0 aromatic heterocycles. The van der Waals surface area contributed by atoms with Crippen LogP contribution in [-0.4, -0.2) is 43.5 Å². The predicted molar refractivity (Wildman–Crippen MR) is 58.4 cm³/mol. The minimum atomic E-state index is -2.19. The molecule has 1 fully saturated rings. The first-order valence-corrected chi connectivity index (χ1v) is 5.96. The summed E-state index contributed by atoms with van der Waals surface area (Å²) in [5.74, 6) is 0. The molecule has 0 atom stereocenters. The monoisotopic (exact) mass is 220 g/mol. The molecule has 1 heterocycles. The summed E-state index contributed by atoms with van der Waals surface area (Å²) in [4.78, 5) is 1.86. The van der Waals surface area contributed by atoms with Crippen LogP contribution in [0.3, 0.4) is 0 Å². The Labute approximate surface area is 91.0 Å². The van der Waals surface area contributed by atoms with Gasteiger partial charge in [0.15, 0.2) is 0 Å². The van der Waals surface area contributed by atoms with Crippen molar-refractivity contribution in [2.24, 2.45) is 0 Å². The van der Waals surface area contributed by atoms with Gasteiger partial charge in [-0.25, -0.2) is 8.78 Å². The van der Waals surface area contributed by atoms with Crippen LogP contribution in [0.1, 0.15) is 32.6 Å². The quantitative estimate of drug-likeness (QED) is 0.690. The van der Waals surface area contributed by atoms with Gasteiger partial charge in [-0.3, -0.25) is 4.90 Å². The van der Waals surface area contributed by atoms with Gasteiger partial charge in [0.25, 0.3) is 6.43 Å². The lowest BCUT2D eigenvalue weighted by molar-refractivity contribution is 0.0731. The molecule has 2 nitrogen and oxygen atoms in total. The van der Waals surface area contributed by atoms with Crippen LogP contribution < -0.4 is 5.32 Å². The summed E-state index contributed by atoms with van der Waals surface area (Å²) in [5, 5.41) is 3.48. The normalized spacial score (nSPS) is 20.0. The third-order valence-electron chi connectivity index (χ3n) is 2.95. The molecule has 1 N–H and O–H groups in total. The summed E-state index contributed by atoms with van der Waals surface area (Å²) < 4.78 is 24.2. The van der Waals surface area contributed by atoms with Gasteiger partial charge in [-0.05, 0) is 38.9 Å². The fraction of sp³-hybridized carbons (Fsp3) is 1.00. The minimum absolute atomic E-state index is 0.0539. The largest absolute Gasteiger partial charge is 0.314 e. The standard InChI is InChI=1S/C11H22F2N2/c1-2-3-6-14-10-4-7-15(8-5-10)9-11(12)13/h10-11,14H,2-9H2,1H3. The SMILES string of the molecule is CCCCNC1CCN(CC(F)F)CC1. The molecule has 1 aliphatic heterocycles. The Morgan fingerprint density at radius 3 is 2.53 bits per heavy atom. The smallest absolute Gasteiger partial charge is 0.251 e. The Kier molecular flexibility index (Phi) is 6.10. The highest BCUT2D eigenvalue weighted by molar-refractivity contribution is 4.77. The van der Waals surface area contributed by atoms with Gasteiger partial charge in [-0.2, -0.15) is 0 Å². The van der Waals surface area contributed by atoms with E-state index < -0.39 is 6.43 Å². The lowest BCUT2D eigenvalue weighted by Crippen LogP contribution is -2.44. The predicted octanol–water partition coefficient (Wildman–Crippen LogP) is 2.11. The molecular weight excluding hydrogens is 198 g/mol. The molecule has 0 aromatic carbocycles. The van der Waals surface area contributed by atoms with Crippen LogP contribution >= 0.6 is 0 Å². The average Bonchev–Trinajstić information content (AvgIpc) is 2.20. The summed E-state index contributed by atoms with van der Waals surface area (Å²) in [6.07, 6.45) is 2.25. The maximum absolute atomic E-state index is 12.1. The first-order valence-electron chi connectivity index (χ1n) is 5.96. The molecule has 0 saturated carbocycles. The van der Waals surface area contributed by atoms with Crippen molar-refractivity contribution in [3.05, 3.63) is 0 Å². The Morgan fingerprint density at radius 2 is 2.00 bits per heavy atom. The molecule has 0 unspecified atom stereocenters. The van der Waals surface area contributed by atoms with Gasteiger partial charge in [-0.1, -0.05) is 13.3 Å². The van der Waals surface area contributed by atoms with Gasteiger partial charge in [0.1, 0.15) is 0 Å². The van der Waals surface area contributed by atoms with E-state index in [-0.39, 0.29) is 6.54 Å². The van der Waals surface area contributed by atoms with E-state index >= 15 is 0 Å². The van der Waals surface area contributed by atoms with E-state index in [9.17, 15) is 8.78 Å². The second-order valence-corrected chi connectivity index (χ2v) is 4.27. The first kappa shape index (κ1) is 12.8. The average molecular weight is 220 g/mol. The van der Waals surface area contributed by atoms with Crippen LogP contribution in [-0.2, 0) is 0 Å². The van der Waals surface area contributed by atoms with Crippen LogP contribution in [0, 0.1) is 0 Å². The summed E-state index contributed by atoms with van der Waals surface area (Å²) in [6.45, 7) is 4.81. The fourth-order valence-electron chi connectivity index (χ4n) is 2.00. The molecule has 15 heavy (non-hydrogen) atoms. The van der Waals surface area contributed by atoms with Crippen molar-refractivity contribution in [1.82, 2.24) is 10.2 Å². The molecule has 1 rings (SSSR count). The Bertz CT molecular complexity index is 157. The molecular formula is C11H22F2N2. The van der Waals surface area contributed by atoms with E-state index in [2.05, 4.69) is 12.2 Å². The van der Waals surface area contributed by atoms with Crippen molar-refractivity contribution in [1.29, 1.82) is 0 Å². The summed E-state index contributed by atoms with van der Waals surface area (Å²) in [6, 6.07) is 0.547. The molecule has 0 radical (unpaired) electrons. The number of likely N-dealkylation sites (tertiary alicyclic amines) is 1. The van der Waals surface area contributed by atoms with Crippen LogP contribution in [0.2, 0.25) is 0 Å². The van der Waals surface area contributed by atoms with Crippen LogP contribution in [0.25, 0.3) is 0 Å². The summed E-state index contributed by atoms with van der Waals surface area (Å²) in [7, 11) is 0. The van der Waals surface area contributed by atoms with Gasteiger partial charge in [0, 0.05) is 6.04 Å². The Balaban J connectivity index is 2.07. The topological polar surface area (TPSA) is 15.3 Å². The number of nitrogens with zero attached hydrogens (tertiary/aromatic N) is 1. The van der Waals surface area contributed by atoms with E-state index in [1.54, 1.807) is 0 Å². The number of rotatable bonds is 6. The molecule has 0 spiro atoms. The number of alkyl halides is 2. The number of piperidine rings is 1. The van der Waals surface area contributed by atoms with Gasteiger partial charge in [-0.15, -0.1) is 0 Å².